The topological polar surface area (TPSA) is 44.2 Å². The second-order valence-corrected chi connectivity index (χ2v) is 8.14. The van der Waals surface area contributed by atoms with Gasteiger partial charge in [-0.05, 0) is 57.9 Å². The van der Waals surface area contributed by atoms with Crippen LogP contribution >= 0.6 is 0 Å². The number of ether oxygens (including phenoxy) is 2. The first kappa shape index (κ1) is 25.1. The molecule has 1 unspecified atom stereocenters. The van der Waals surface area contributed by atoms with E-state index in [0.29, 0.717) is 6.10 Å². The summed E-state index contributed by atoms with van der Waals surface area (Å²) in [4.78, 5) is 8.95. The van der Waals surface area contributed by atoms with Gasteiger partial charge in [-0.25, -0.2) is 9.97 Å². The van der Waals surface area contributed by atoms with Gasteiger partial charge < -0.3 is 9.47 Å². The molecular formula is C27H40N2O2. The lowest BCUT2D eigenvalue weighted by Crippen LogP contribution is -2.07. The molecule has 0 aliphatic rings. The zero-order valence-corrected chi connectivity index (χ0v) is 19.5. The number of aryl methyl sites for hydroxylation is 1. The second kappa shape index (κ2) is 15.6. The van der Waals surface area contributed by atoms with Crippen molar-refractivity contribution in [1.82, 2.24) is 9.97 Å². The lowest BCUT2D eigenvalue weighted by atomic mass is 10.0. The molecule has 0 aliphatic carbocycles. The summed E-state index contributed by atoms with van der Waals surface area (Å²) in [6.07, 6.45) is 17.7. The molecular weight excluding hydrogens is 384 g/mol. The summed E-state index contributed by atoms with van der Waals surface area (Å²) >= 11 is 0. The number of hydrogen-bond acceptors (Lipinski definition) is 4. The molecule has 0 spiro atoms. The number of rotatable bonds is 17. The van der Waals surface area contributed by atoms with Crippen molar-refractivity contribution in [2.75, 3.05) is 13.2 Å². The molecule has 2 aromatic rings. The smallest absolute Gasteiger partial charge is 0.159 e. The van der Waals surface area contributed by atoms with Crippen LogP contribution in [0.25, 0.3) is 11.4 Å². The number of allylic oxidation sites excluding steroid dienone is 1. The summed E-state index contributed by atoms with van der Waals surface area (Å²) < 4.78 is 11.3. The Morgan fingerprint density at radius 3 is 2.35 bits per heavy atom. The Hall–Kier alpha value is -2.20. The van der Waals surface area contributed by atoms with Crippen molar-refractivity contribution in [2.45, 2.75) is 84.2 Å². The molecule has 31 heavy (non-hydrogen) atoms. The van der Waals surface area contributed by atoms with Crippen molar-refractivity contribution >= 4 is 0 Å². The first-order valence-corrected chi connectivity index (χ1v) is 12.0. The number of benzene rings is 1. The van der Waals surface area contributed by atoms with Crippen LogP contribution in [0.4, 0.5) is 0 Å². The van der Waals surface area contributed by atoms with Gasteiger partial charge in [0.15, 0.2) is 11.6 Å². The highest BCUT2D eigenvalue weighted by atomic mass is 16.5. The highest BCUT2D eigenvalue weighted by molar-refractivity contribution is 5.55. The van der Waals surface area contributed by atoms with Gasteiger partial charge in [0.25, 0.3) is 0 Å². The van der Waals surface area contributed by atoms with Crippen LogP contribution in [0, 0.1) is 0 Å². The summed E-state index contributed by atoms with van der Waals surface area (Å²) in [6.45, 7) is 9.50. The Morgan fingerprint density at radius 1 is 0.935 bits per heavy atom. The van der Waals surface area contributed by atoms with E-state index in [1.165, 1.54) is 44.1 Å². The van der Waals surface area contributed by atoms with E-state index < -0.39 is 0 Å². The molecule has 0 amide bonds. The molecule has 4 nitrogen and oxygen atoms in total. The summed E-state index contributed by atoms with van der Waals surface area (Å²) in [5, 5.41) is 0. The largest absolute Gasteiger partial charge is 0.490 e. The van der Waals surface area contributed by atoms with Crippen molar-refractivity contribution in [3.63, 3.8) is 0 Å². The van der Waals surface area contributed by atoms with Gasteiger partial charge in [0.05, 0.1) is 25.1 Å². The Labute approximate surface area is 189 Å². The van der Waals surface area contributed by atoms with Gasteiger partial charge in [0.1, 0.15) is 0 Å². The third-order valence-corrected chi connectivity index (χ3v) is 5.44. The van der Waals surface area contributed by atoms with Crippen LogP contribution in [0.15, 0.2) is 49.3 Å². The minimum absolute atomic E-state index is 0.383. The SMILES string of the molecule is C=CCCCCCCOc1cnc(-c2ccc(CCCCCC(C)OCC)cc2)nc1. The fourth-order valence-corrected chi connectivity index (χ4v) is 3.60. The van der Waals surface area contributed by atoms with E-state index >= 15 is 0 Å². The molecule has 0 saturated heterocycles. The lowest BCUT2D eigenvalue weighted by molar-refractivity contribution is 0.0684. The summed E-state index contributed by atoms with van der Waals surface area (Å²) in [6, 6.07) is 8.62. The summed E-state index contributed by atoms with van der Waals surface area (Å²) in [7, 11) is 0. The second-order valence-electron chi connectivity index (χ2n) is 8.14. The Bertz CT molecular complexity index is 713. The minimum Gasteiger partial charge on any atom is -0.490 e. The molecule has 2 rings (SSSR count). The average molecular weight is 425 g/mol. The van der Waals surface area contributed by atoms with Crippen molar-refractivity contribution < 1.29 is 9.47 Å². The molecule has 1 aromatic carbocycles. The quantitative estimate of drug-likeness (QED) is 0.199. The summed E-state index contributed by atoms with van der Waals surface area (Å²) in [5.74, 6) is 1.48. The van der Waals surface area contributed by atoms with Gasteiger partial charge in [-0.2, -0.15) is 0 Å². The molecule has 0 bridgehead atoms. The molecule has 1 heterocycles. The van der Waals surface area contributed by atoms with E-state index in [9.17, 15) is 0 Å². The van der Waals surface area contributed by atoms with Gasteiger partial charge in [-0.15, -0.1) is 6.58 Å². The normalized spacial score (nSPS) is 11.9. The van der Waals surface area contributed by atoms with Gasteiger partial charge in [-0.3, -0.25) is 0 Å². The number of nitrogens with zero attached hydrogens (tertiary/aromatic N) is 2. The molecule has 0 saturated carbocycles. The highest BCUT2D eigenvalue weighted by Gasteiger charge is 2.04. The lowest BCUT2D eigenvalue weighted by Gasteiger charge is -2.10. The van der Waals surface area contributed by atoms with Crippen LogP contribution in [-0.2, 0) is 11.2 Å². The zero-order valence-electron chi connectivity index (χ0n) is 19.5. The fourth-order valence-electron chi connectivity index (χ4n) is 3.60. The number of unbranched alkanes of at least 4 members (excludes halogenated alkanes) is 6. The Kier molecular flexibility index (Phi) is 12.6. The predicted molar refractivity (Wildman–Crippen MR) is 130 cm³/mol. The van der Waals surface area contributed by atoms with Gasteiger partial charge in [-0.1, -0.05) is 56.0 Å². The molecule has 0 fully saturated rings. The van der Waals surface area contributed by atoms with Crippen LogP contribution in [0.2, 0.25) is 0 Å². The van der Waals surface area contributed by atoms with Gasteiger partial charge in [0.2, 0.25) is 0 Å². The molecule has 1 aromatic heterocycles. The molecule has 4 heteroatoms. The molecule has 1 atom stereocenters. The van der Waals surface area contributed by atoms with Crippen molar-refractivity contribution in [2.24, 2.45) is 0 Å². The maximum Gasteiger partial charge on any atom is 0.159 e. The van der Waals surface area contributed by atoms with Crippen LogP contribution in [-0.4, -0.2) is 29.3 Å². The van der Waals surface area contributed by atoms with E-state index in [1.54, 1.807) is 12.4 Å². The van der Waals surface area contributed by atoms with Crippen LogP contribution in [0.5, 0.6) is 5.75 Å². The fraction of sp³-hybridized carbons (Fsp3) is 0.556. The van der Waals surface area contributed by atoms with Crippen molar-refractivity contribution in [3.8, 4) is 17.1 Å². The maximum atomic E-state index is 5.76. The Balaban J connectivity index is 1.67. The van der Waals surface area contributed by atoms with E-state index in [0.717, 1.165) is 56.0 Å². The minimum atomic E-state index is 0.383. The monoisotopic (exact) mass is 424 g/mol. The van der Waals surface area contributed by atoms with Crippen molar-refractivity contribution in [1.29, 1.82) is 0 Å². The molecule has 0 N–H and O–H groups in total. The third kappa shape index (κ3) is 10.6. The highest BCUT2D eigenvalue weighted by Crippen LogP contribution is 2.19. The van der Waals surface area contributed by atoms with Crippen molar-refractivity contribution in [3.05, 3.63) is 54.9 Å². The predicted octanol–water partition coefficient (Wildman–Crippen LogP) is 7.19. The first-order valence-electron chi connectivity index (χ1n) is 12.0. The average Bonchev–Trinajstić information content (AvgIpc) is 2.79. The summed E-state index contributed by atoms with van der Waals surface area (Å²) in [5.41, 5.74) is 2.41. The van der Waals surface area contributed by atoms with Crippen LogP contribution < -0.4 is 4.74 Å². The van der Waals surface area contributed by atoms with E-state index in [-0.39, 0.29) is 0 Å². The molecule has 0 radical (unpaired) electrons. The van der Waals surface area contributed by atoms with E-state index in [2.05, 4.69) is 54.7 Å². The van der Waals surface area contributed by atoms with Gasteiger partial charge in [0, 0.05) is 12.2 Å². The van der Waals surface area contributed by atoms with Crippen LogP contribution in [0.3, 0.4) is 0 Å². The standard InChI is InChI=1S/C27H40N2O2/c1-4-6-7-8-9-13-20-31-26-21-28-27(29-22-26)25-18-16-24(17-19-25)15-12-10-11-14-23(3)30-5-2/h4,16-19,21-23H,1,5-15,20H2,2-3H3. The maximum absolute atomic E-state index is 5.76. The van der Waals surface area contributed by atoms with E-state index in [1.807, 2.05) is 6.08 Å². The first-order chi connectivity index (χ1) is 15.2. The third-order valence-electron chi connectivity index (χ3n) is 5.44. The zero-order chi connectivity index (χ0) is 22.2. The molecule has 170 valence electrons. The molecule has 0 aliphatic heterocycles. The Morgan fingerprint density at radius 2 is 1.65 bits per heavy atom. The number of hydrogen-bond donors (Lipinski definition) is 0. The van der Waals surface area contributed by atoms with Crippen LogP contribution in [0.1, 0.15) is 77.2 Å². The van der Waals surface area contributed by atoms with E-state index in [4.69, 9.17) is 9.47 Å². The van der Waals surface area contributed by atoms with Gasteiger partial charge >= 0.3 is 0 Å². The number of aromatic nitrogens is 2.